The molecule has 0 amide bonds. The van der Waals surface area contributed by atoms with E-state index in [1.165, 1.54) is 18.2 Å². The fourth-order valence-electron chi connectivity index (χ4n) is 2.00. The summed E-state index contributed by atoms with van der Waals surface area (Å²) in [5.41, 5.74) is -0.0535. The zero-order chi connectivity index (χ0) is 16.2. The number of hydrogen-bond acceptors (Lipinski definition) is 3. The molecular formula is C15H15F3N2O2. The Morgan fingerprint density at radius 2 is 2.05 bits per heavy atom. The number of halogens is 3. The van der Waals surface area contributed by atoms with E-state index in [0.717, 1.165) is 24.6 Å². The number of nitrogens with zero attached hydrogens (tertiary/aromatic N) is 1. The molecule has 7 heteroatoms. The highest BCUT2D eigenvalue weighted by atomic mass is 19.4. The van der Waals surface area contributed by atoms with Crippen LogP contribution in [0.1, 0.15) is 40.7 Å². The second-order valence-corrected chi connectivity index (χ2v) is 4.76. The van der Waals surface area contributed by atoms with Crippen LogP contribution in [-0.4, -0.2) is 16.2 Å². The van der Waals surface area contributed by atoms with Crippen LogP contribution in [0.15, 0.2) is 30.3 Å². The van der Waals surface area contributed by atoms with Crippen molar-refractivity contribution < 1.29 is 22.7 Å². The average Bonchev–Trinajstić information content (AvgIpc) is 2.93. The molecule has 0 aliphatic heterocycles. The number of benzene rings is 1. The number of ether oxygens (including phenoxy) is 1. The van der Waals surface area contributed by atoms with E-state index in [-0.39, 0.29) is 11.3 Å². The van der Waals surface area contributed by atoms with Crippen molar-refractivity contribution in [1.82, 2.24) is 10.2 Å². The first-order valence-electron chi connectivity index (χ1n) is 6.78. The Morgan fingerprint density at radius 3 is 2.73 bits per heavy atom. The monoisotopic (exact) mass is 312 g/mol. The first-order chi connectivity index (χ1) is 10.4. The van der Waals surface area contributed by atoms with Crippen LogP contribution in [0, 0.1) is 0 Å². The first-order valence-corrected chi connectivity index (χ1v) is 6.78. The molecule has 0 radical (unpaired) electrons. The molecule has 0 aliphatic rings. The second-order valence-electron chi connectivity index (χ2n) is 4.76. The highest BCUT2D eigenvalue weighted by molar-refractivity contribution is 5.87. The SMILES string of the molecule is CCCc1cc(C(=O)OCc2ccccc2C(F)(F)F)n[nH]1. The van der Waals surface area contributed by atoms with Gasteiger partial charge in [0.15, 0.2) is 5.69 Å². The van der Waals surface area contributed by atoms with Crippen LogP contribution in [0.5, 0.6) is 0 Å². The summed E-state index contributed by atoms with van der Waals surface area (Å²) in [7, 11) is 0. The number of esters is 1. The van der Waals surface area contributed by atoms with Crippen LogP contribution in [0.25, 0.3) is 0 Å². The molecule has 0 saturated carbocycles. The normalized spacial score (nSPS) is 11.5. The zero-order valence-electron chi connectivity index (χ0n) is 11.9. The lowest BCUT2D eigenvalue weighted by Crippen LogP contribution is -2.12. The largest absolute Gasteiger partial charge is 0.456 e. The van der Waals surface area contributed by atoms with Gasteiger partial charge in [-0.25, -0.2) is 4.79 Å². The number of carbonyl (C=O) groups excluding carboxylic acids is 1. The fourth-order valence-corrected chi connectivity index (χ4v) is 2.00. The van der Waals surface area contributed by atoms with Crippen LogP contribution >= 0.6 is 0 Å². The number of aryl methyl sites for hydroxylation is 1. The van der Waals surface area contributed by atoms with Crippen molar-refractivity contribution >= 4 is 5.97 Å². The number of alkyl halides is 3. The number of H-pyrrole nitrogens is 1. The Labute approximate surface area is 125 Å². The first kappa shape index (κ1) is 16.1. The second kappa shape index (κ2) is 6.64. The van der Waals surface area contributed by atoms with Gasteiger partial charge >= 0.3 is 12.1 Å². The van der Waals surface area contributed by atoms with Gasteiger partial charge in [0.05, 0.1) is 5.56 Å². The van der Waals surface area contributed by atoms with Crippen molar-refractivity contribution in [2.75, 3.05) is 0 Å². The molecule has 0 spiro atoms. The van der Waals surface area contributed by atoms with Gasteiger partial charge in [-0.2, -0.15) is 18.3 Å². The molecule has 0 aliphatic carbocycles. The maximum Gasteiger partial charge on any atom is 0.416 e. The smallest absolute Gasteiger partial charge is 0.416 e. The topological polar surface area (TPSA) is 55.0 Å². The Hall–Kier alpha value is -2.31. The summed E-state index contributed by atoms with van der Waals surface area (Å²) >= 11 is 0. The molecule has 1 aromatic carbocycles. The predicted octanol–water partition coefficient (Wildman–Crippen LogP) is 3.74. The van der Waals surface area contributed by atoms with Gasteiger partial charge in [0.25, 0.3) is 0 Å². The molecule has 2 rings (SSSR count). The van der Waals surface area contributed by atoms with Gasteiger partial charge in [-0.3, -0.25) is 5.10 Å². The number of carbonyl (C=O) groups is 1. The molecular weight excluding hydrogens is 297 g/mol. The summed E-state index contributed by atoms with van der Waals surface area (Å²) in [6.45, 7) is 1.53. The molecule has 0 unspecified atom stereocenters. The molecule has 1 N–H and O–H groups in total. The minimum Gasteiger partial charge on any atom is -0.456 e. The van der Waals surface area contributed by atoms with Gasteiger partial charge in [-0.1, -0.05) is 31.5 Å². The highest BCUT2D eigenvalue weighted by Crippen LogP contribution is 2.32. The van der Waals surface area contributed by atoms with E-state index < -0.39 is 24.3 Å². The van der Waals surface area contributed by atoms with Gasteiger partial charge in [0, 0.05) is 11.3 Å². The van der Waals surface area contributed by atoms with E-state index in [1.54, 1.807) is 6.07 Å². The van der Waals surface area contributed by atoms with E-state index in [0.29, 0.717) is 0 Å². The Kier molecular flexibility index (Phi) is 4.85. The highest BCUT2D eigenvalue weighted by Gasteiger charge is 2.33. The lowest BCUT2D eigenvalue weighted by atomic mass is 10.1. The Bertz CT molecular complexity index is 650. The molecule has 118 valence electrons. The van der Waals surface area contributed by atoms with E-state index in [9.17, 15) is 18.0 Å². The summed E-state index contributed by atoms with van der Waals surface area (Å²) in [5.74, 6) is -0.754. The number of aromatic nitrogens is 2. The third-order valence-corrected chi connectivity index (χ3v) is 3.04. The number of nitrogens with one attached hydrogen (secondary N) is 1. The van der Waals surface area contributed by atoms with Crippen molar-refractivity contribution in [3.63, 3.8) is 0 Å². The summed E-state index contributed by atoms with van der Waals surface area (Å²) < 4.78 is 43.4. The standard InChI is InChI=1S/C15H15F3N2O2/c1-2-5-11-8-13(20-19-11)14(21)22-9-10-6-3-4-7-12(10)15(16,17)18/h3-4,6-8H,2,5,9H2,1H3,(H,19,20). The molecule has 1 aromatic heterocycles. The molecule has 2 aromatic rings. The summed E-state index contributed by atoms with van der Waals surface area (Å²) in [6.07, 6.45) is -2.86. The van der Waals surface area contributed by atoms with Crippen molar-refractivity contribution in [2.24, 2.45) is 0 Å². The van der Waals surface area contributed by atoms with Gasteiger partial charge < -0.3 is 4.74 Å². The van der Waals surface area contributed by atoms with Crippen molar-refractivity contribution in [2.45, 2.75) is 32.5 Å². The molecule has 0 bridgehead atoms. The van der Waals surface area contributed by atoms with E-state index >= 15 is 0 Å². The molecule has 22 heavy (non-hydrogen) atoms. The van der Waals surface area contributed by atoms with Crippen molar-refractivity contribution in [3.8, 4) is 0 Å². The van der Waals surface area contributed by atoms with Gasteiger partial charge in [0.1, 0.15) is 6.61 Å². The van der Waals surface area contributed by atoms with Crippen molar-refractivity contribution in [3.05, 3.63) is 52.8 Å². The Morgan fingerprint density at radius 1 is 1.32 bits per heavy atom. The zero-order valence-corrected chi connectivity index (χ0v) is 11.9. The molecule has 0 fully saturated rings. The molecule has 4 nitrogen and oxygen atoms in total. The molecule has 1 heterocycles. The van der Waals surface area contributed by atoms with Crippen LogP contribution in [0.3, 0.4) is 0 Å². The lowest BCUT2D eigenvalue weighted by Gasteiger charge is -2.12. The summed E-state index contributed by atoms with van der Waals surface area (Å²) in [6, 6.07) is 6.53. The summed E-state index contributed by atoms with van der Waals surface area (Å²) in [5, 5.41) is 6.49. The van der Waals surface area contributed by atoms with Crippen LogP contribution in [0.2, 0.25) is 0 Å². The minimum absolute atomic E-state index is 0.0629. The van der Waals surface area contributed by atoms with E-state index in [1.807, 2.05) is 6.92 Å². The number of aromatic amines is 1. The van der Waals surface area contributed by atoms with Crippen LogP contribution in [-0.2, 0) is 23.9 Å². The van der Waals surface area contributed by atoms with Gasteiger partial charge in [-0.15, -0.1) is 0 Å². The third-order valence-electron chi connectivity index (χ3n) is 3.04. The maximum atomic E-state index is 12.8. The number of rotatable bonds is 5. The molecule has 0 saturated heterocycles. The van der Waals surface area contributed by atoms with Crippen molar-refractivity contribution in [1.29, 1.82) is 0 Å². The Balaban J connectivity index is 2.05. The molecule has 0 atom stereocenters. The van der Waals surface area contributed by atoms with Gasteiger partial charge in [0.2, 0.25) is 0 Å². The lowest BCUT2D eigenvalue weighted by molar-refractivity contribution is -0.138. The van der Waals surface area contributed by atoms with Crippen LogP contribution < -0.4 is 0 Å². The summed E-state index contributed by atoms with van der Waals surface area (Å²) in [4.78, 5) is 11.8. The van der Waals surface area contributed by atoms with E-state index in [2.05, 4.69) is 10.2 Å². The van der Waals surface area contributed by atoms with E-state index in [4.69, 9.17) is 4.74 Å². The number of hydrogen-bond donors (Lipinski definition) is 1. The van der Waals surface area contributed by atoms with Crippen LogP contribution in [0.4, 0.5) is 13.2 Å². The average molecular weight is 312 g/mol. The predicted molar refractivity (Wildman–Crippen MR) is 73.1 cm³/mol. The third kappa shape index (κ3) is 3.87. The fraction of sp³-hybridized carbons (Fsp3) is 0.333. The maximum absolute atomic E-state index is 12.8. The minimum atomic E-state index is -4.48. The van der Waals surface area contributed by atoms with Gasteiger partial charge in [-0.05, 0) is 18.6 Å². The quantitative estimate of drug-likeness (QED) is 0.856.